The molecule has 3 aromatic rings. The van der Waals surface area contributed by atoms with Gasteiger partial charge in [0, 0.05) is 16.9 Å². The van der Waals surface area contributed by atoms with Crippen molar-refractivity contribution in [1.82, 2.24) is 5.32 Å². The lowest BCUT2D eigenvalue weighted by molar-refractivity contribution is 0.0955. The average molecular weight is 282 g/mol. The number of nitrogens with one attached hydrogen (secondary N) is 1. The van der Waals surface area contributed by atoms with Gasteiger partial charge in [-0.15, -0.1) is 11.3 Å². The van der Waals surface area contributed by atoms with Crippen molar-refractivity contribution in [3.63, 3.8) is 0 Å². The first-order valence-electron chi connectivity index (χ1n) is 6.34. The number of anilines is 1. The Kier molecular flexibility index (Phi) is 3.39. The first-order chi connectivity index (χ1) is 9.74. The molecule has 1 heterocycles. The van der Waals surface area contributed by atoms with E-state index in [-0.39, 0.29) is 5.91 Å². The normalized spacial score (nSPS) is 10.6. The Morgan fingerprint density at radius 2 is 1.85 bits per heavy atom. The molecule has 0 radical (unpaired) electrons. The number of amides is 1. The number of hydrogen-bond donors (Lipinski definition) is 2. The van der Waals surface area contributed by atoms with E-state index in [4.69, 9.17) is 5.73 Å². The third-order valence-electron chi connectivity index (χ3n) is 3.14. The van der Waals surface area contributed by atoms with Crippen molar-refractivity contribution >= 4 is 33.0 Å². The molecule has 0 unspecified atom stereocenters. The highest BCUT2D eigenvalue weighted by molar-refractivity contribution is 7.20. The highest BCUT2D eigenvalue weighted by Gasteiger charge is 2.10. The van der Waals surface area contributed by atoms with Crippen LogP contribution in [0, 0.1) is 0 Å². The molecule has 0 saturated heterocycles. The van der Waals surface area contributed by atoms with Crippen LogP contribution in [0.25, 0.3) is 10.1 Å². The molecule has 100 valence electrons. The number of carbonyl (C=O) groups excluding carboxylic acids is 1. The standard InChI is InChI=1S/C16H14N2OS/c17-13-7-3-1-6-12(13)10-18-16(19)15-9-11-5-2-4-8-14(11)20-15/h1-9H,10,17H2,(H,18,19). The van der Waals surface area contributed by atoms with Crippen LogP contribution in [-0.2, 0) is 6.54 Å². The van der Waals surface area contributed by atoms with E-state index in [1.54, 1.807) is 0 Å². The summed E-state index contributed by atoms with van der Waals surface area (Å²) in [6.07, 6.45) is 0. The predicted molar refractivity (Wildman–Crippen MR) is 83.8 cm³/mol. The van der Waals surface area contributed by atoms with Gasteiger partial charge in [0.25, 0.3) is 5.91 Å². The second kappa shape index (κ2) is 5.35. The first kappa shape index (κ1) is 12.7. The largest absolute Gasteiger partial charge is 0.398 e. The second-order valence-electron chi connectivity index (χ2n) is 4.53. The maximum absolute atomic E-state index is 12.2. The van der Waals surface area contributed by atoms with Crippen LogP contribution in [0.1, 0.15) is 15.2 Å². The minimum atomic E-state index is -0.0607. The van der Waals surface area contributed by atoms with Crippen molar-refractivity contribution in [3.05, 3.63) is 65.0 Å². The zero-order valence-corrected chi connectivity index (χ0v) is 11.6. The summed E-state index contributed by atoms with van der Waals surface area (Å²) in [6, 6.07) is 17.4. The maximum Gasteiger partial charge on any atom is 0.261 e. The molecule has 0 spiro atoms. The summed E-state index contributed by atoms with van der Waals surface area (Å²) in [6.45, 7) is 0.444. The lowest BCUT2D eigenvalue weighted by atomic mass is 10.2. The Morgan fingerprint density at radius 1 is 1.10 bits per heavy atom. The molecular formula is C16H14N2OS. The van der Waals surface area contributed by atoms with Crippen LogP contribution in [0.3, 0.4) is 0 Å². The van der Waals surface area contributed by atoms with Gasteiger partial charge < -0.3 is 11.1 Å². The summed E-state index contributed by atoms with van der Waals surface area (Å²) in [4.78, 5) is 12.9. The van der Waals surface area contributed by atoms with Crippen molar-refractivity contribution in [1.29, 1.82) is 0 Å². The Hall–Kier alpha value is -2.33. The summed E-state index contributed by atoms with van der Waals surface area (Å²) in [5, 5.41) is 4.01. The molecule has 1 amide bonds. The van der Waals surface area contributed by atoms with E-state index in [2.05, 4.69) is 5.32 Å². The summed E-state index contributed by atoms with van der Waals surface area (Å²) in [5.74, 6) is -0.0607. The molecule has 3 N–H and O–H groups in total. The van der Waals surface area contributed by atoms with Crippen LogP contribution in [0.2, 0.25) is 0 Å². The van der Waals surface area contributed by atoms with Crippen molar-refractivity contribution in [2.45, 2.75) is 6.54 Å². The number of hydrogen-bond acceptors (Lipinski definition) is 3. The van der Waals surface area contributed by atoms with Gasteiger partial charge in [0.15, 0.2) is 0 Å². The Labute approximate surface area is 121 Å². The smallest absolute Gasteiger partial charge is 0.261 e. The van der Waals surface area contributed by atoms with Gasteiger partial charge >= 0.3 is 0 Å². The van der Waals surface area contributed by atoms with Crippen molar-refractivity contribution in [2.75, 3.05) is 5.73 Å². The SMILES string of the molecule is Nc1ccccc1CNC(=O)c1cc2ccccc2s1. The average Bonchev–Trinajstić information content (AvgIpc) is 2.90. The van der Waals surface area contributed by atoms with Gasteiger partial charge in [0.1, 0.15) is 0 Å². The molecule has 20 heavy (non-hydrogen) atoms. The predicted octanol–water partition coefficient (Wildman–Crippen LogP) is 3.41. The molecule has 3 rings (SSSR count). The topological polar surface area (TPSA) is 55.1 Å². The summed E-state index contributed by atoms with van der Waals surface area (Å²) in [7, 11) is 0. The van der Waals surface area contributed by atoms with E-state index in [0.29, 0.717) is 12.2 Å². The van der Waals surface area contributed by atoms with Gasteiger partial charge in [0.05, 0.1) is 4.88 Å². The molecule has 1 aromatic heterocycles. The Bertz CT molecular complexity index is 731. The van der Waals surface area contributed by atoms with E-state index in [0.717, 1.165) is 20.5 Å². The van der Waals surface area contributed by atoms with Crippen LogP contribution in [0.5, 0.6) is 0 Å². The monoisotopic (exact) mass is 282 g/mol. The first-order valence-corrected chi connectivity index (χ1v) is 7.16. The highest BCUT2D eigenvalue weighted by Crippen LogP contribution is 2.25. The number of rotatable bonds is 3. The van der Waals surface area contributed by atoms with Gasteiger partial charge in [-0.2, -0.15) is 0 Å². The van der Waals surface area contributed by atoms with Crippen LogP contribution < -0.4 is 11.1 Å². The van der Waals surface area contributed by atoms with E-state index in [9.17, 15) is 4.79 Å². The lowest BCUT2D eigenvalue weighted by Crippen LogP contribution is -2.22. The van der Waals surface area contributed by atoms with Crippen molar-refractivity contribution in [3.8, 4) is 0 Å². The molecule has 0 aliphatic heterocycles. The van der Waals surface area contributed by atoms with Gasteiger partial charge in [-0.05, 0) is 29.1 Å². The highest BCUT2D eigenvalue weighted by atomic mass is 32.1. The van der Waals surface area contributed by atoms with E-state index in [1.165, 1.54) is 11.3 Å². The van der Waals surface area contributed by atoms with Gasteiger partial charge in [-0.25, -0.2) is 0 Å². The van der Waals surface area contributed by atoms with Crippen LogP contribution in [0.4, 0.5) is 5.69 Å². The van der Waals surface area contributed by atoms with E-state index < -0.39 is 0 Å². The zero-order valence-electron chi connectivity index (χ0n) is 10.8. The quantitative estimate of drug-likeness (QED) is 0.723. The van der Waals surface area contributed by atoms with Gasteiger partial charge in [-0.1, -0.05) is 36.4 Å². The Morgan fingerprint density at radius 3 is 2.65 bits per heavy atom. The molecule has 4 heteroatoms. The summed E-state index contributed by atoms with van der Waals surface area (Å²) >= 11 is 1.50. The summed E-state index contributed by atoms with van der Waals surface area (Å²) in [5.41, 5.74) is 7.49. The van der Waals surface area contributed by atoms with Gasteiger partial charge in [-0.3, -0.25) is 4.79 Å². The fourth-order valence-corrected chi connectivity index (χ4v) is 3.03. The number of thiophene rings is 1. The number of nitrogen functional groups attached to an aromatic ring is 1. The molecule has 0 aliphatic rings. The van der Waals surface area contributed by atoms with Crippen LogP contribution in [0.15, 0.2) is 54.6 Å². The minimum absolute atomic E-state index is 0.0607. The van der Waals surface area contributed by atoms with Crippen molar-refractivity contribution in [2.24, 2.45) is 0 Å². The molecule has 0 saturated carbocycles. The third kappa shape index (κ3) is 2.51. The van der Waals surface area contributed by atoms with E-state index in [1.807, 2.05) is 54.6 Å². The zero-order chi connectivity index (χ0) is 13.9. The molecule has 0 fully saturated rings. The Balaban J connectivity index is 1.75. The molecule has 0 atom stereocenters. The third-order valence-corrected chi connectivity index (χ3v) is 4.26. The van der Waals surface area contributed by atoms with Crippen LogP contribution >= 0.6 is 11.3 Å². The molecule has 3 nitrogen and oxygen atoms in total. The molecule has 2 aromatic carbocycles. The molecule has 0 bridgehead atoms. The fourth-order valence-electron chi connectivity index (χ4n) is 2.05. The number of para-hydroxylation sites is 1. The number of fused-ring (bicyclic) bond motifs is 1. The number of carbonyl (C=O) groups is 1. The lowest BCUT2D eigenvalue weighted by Gasteiger charge is -2.06. The number of nitrogens with two attached hydrogens (primary N) is 1. The van der Waals surface area contributed by atoms with Crippen LogP contribution in [-0.4, -0.2) is 5.91 Å². The maximum atomic E-state index is 12.2. The second-order valence-corrected chi connectivity index (χ2v) is 5.61. The fraction of sp³-hybridized carbons (Fsp3) is 0.0625. The van der Waals surface area contributed by atoms with Crippen molar-refractivity contribution < 1.29 is 4.79 Å². The molecule has 0 aliphatic carbocycles. The van der Waals surface area contributed by atoms with Gasteiger partial charge in [0.2, 0.25) is 0 Å². The minimum Gasteiger partial charge on any atom is -0.398 e. The molecular weight excluding hydrogens is 268 g/mol. The summed E-state index contributed by atoms with van der Waals surface area (Å²) < 4.78 is 1.12. The number of benzene rings is 2. The van der Waals surface area contributed by atoms with E-state index >= 15 is 0 Å².